The Hall–Kier alpha value is -1.11. The lowest BCUT2D eigenvalue weighted by atomic mass is 10.00. The Kier molecular flexibility index (Phi) is 7.71. The summed E-state index contributed by atoms with van der Waals surface area (Å²) in [7, 11) is 0. The fourth-order valence-corrected chi connectivity index (χ4v) is 2.86. The first-order chi connectivity index (χ1) is 9.66. The van der Waals surface area contributed by atoms with Crippen LogP contribution < -0.4 is 16.0 Å². The highest BCUT2D eigenvalue weighted by atomic mass is 35.5. The van der Waals surface area contributed by atoms with E-state index in [9.17, 15) is 9.59 Å². The fraction of sp³-hybridized carbons (Fsp3) is 0.571. The molecule has 2 heterocycles. The van der Waals surface area contributed by atoms with Crippen molar-refractivity contribution in [1.82, 2.24) is 16.0 Å². The van der Waals surface area contributed by atoms with Gasteiger partial charge in [-0.25, -0.2) is 0 Å². The van der Waals surface area contributed by atoms with Crippen LogP contribution in [-0.2, 0) is 4.79 Å². The Morgan fingerprint density at radius 1 is 1.52 bits per heavy atom. The van der Waals surface area contributed by atoms with Crippen LogP contribution in [0.4, 0.5) is 0 Å². The smallest absolute Gasteiger partial charge is 0.261 e. The summed E-state index contributed by atoms with van der Waals surface area (Å²) >= 11 is 1.37. The maximum absolute atomic E-state index is 11.9. The molecule has 0 saturated carbocycles. The van der Waals surface area contributed by atoms with Crippen molar-refractivity contribution in [2.75, 3.05) is 19.6 Å². The second-order valence-electron chi connectivity index (χ2n) is 5.13. The highest BCUT2D eigenvalue weighted by molar-refractivity contribution is 7.12. The van der Waals surface area contributed by atoms with Crippen molar-refractivity contribution in [2.45, 2.75) is 25.8 Å². The molecule has 2 amide bonds. The van der Waals surface area contributed by atoms with E-state index in [1.807, 2.05) is 11.4 Å². The molecule has 0 bridgehead atoms. The van der Waals surface area contributed by atoms with Crippen LogP contribution in [0.25, 0.3) is 0 Å². The topological polar surface area (TPSA) is 70.2 Å². The number of amides is 2. The monoisotopic (exact) mass is 331 g/mol. The molecule has 2 rings (SSSR count). The molecule has 1 aliphatic heterocycles. The summed E-state index contributed by atoms with van der Waals surface area (Å²) in [6.45, 7) is 4.40. The normalized spacial score (nSPS) is 19.2. The molecule has 0 radical (unpaired) electrons. The third-order valence-corrected chi connectivity index (χ3v) is 4.32. The zero-order valence-electron chi connectivity index (χ0n) is 12.1. The van der Waals surface area contributed by atoms with E-state index >= 15 is 0 Å². The Morgan fingerprint density at radius 3 is 2.95 bits per heavy atom. The molecule has 1 aliphatic rings. The molecule has 3 N–H and O–H groups in total. The second kappa shape index (κ2) is 9.02. The minimum absolute atomic E-state index is 0. The van der Waals surface area contributed by atoms with Gasteiger partial charge in [-0.3, -0.25) is 9.59 Å². The number of hydrogen-bond acceptors (Lipinski definition) is 4. The van der Waals surface area contributed by atoms with E-state index in [1.54, 1.807) is 13.0 Å². The average molecular weight is 332 g/mol. The van der Waals surface area contributed by atoms with Gasteiger partial charge in [0.05, 0.1) is 4.88 Å². The third-order valence-electron chi connectivity index (χ3n) is 3.45. The lowest BCUT2D eigenvalue weighted by molar-refractivity contribution is -0.122. The van der Waals surface area contributed by atoms with Crippen LogP contribution in [-0.4, -0.2) is 37.5 Å². The van der Waals surface area contributed by atoms with Crippen molar-refractivity contribution in [3.63, 3.8) is 0 Å². The molecule has 1 aromatic rings. The quantitative estimate of drug-likeness (QED) is 0.764. The molecule has 1 saturated heterocycles. The molecular weight excluding hydrogens is 310 g/mol. The zero-order valence-corrected chi connectivity index (χ0v) is 13.7. The number of halogens is 1. The highest BCUT2D eigenvalue weighted by Crippen LogP contribution is 2.09. The number of rotatable bonds is 5. The van der Waals surface area contributed by atoms with Gasteiger partial charge in [-0.15, -0.1) is 23.7 Å². The maximum atomic E-state index is 11.9. The Morgan fingerprint density at radius 2 is 2.33 bits per heavy atom. The van der Waals surface area contributed by atoms with Gasteiger partial charge < -0.3 is 16.0 Å². The number of nitrogens with one attached hydrogen (secondary N) is 3. The Balaban J connectivity index is 0.00000220. The van der Waals surface area contributed by atoms with E-state index in [-0.39, 0.29) is 24.2 Å². The Bertz CT molecular complexity index is 447. The molecular formula is C14H22ClN3O2S. The average Bonchev–Trinajstić information content (AvgIpc) is 3.00. The SMILES string of the molecule is CC(NC(=O)c1cccs1)C(=O)NCC1CCCNC1.Cl. The molecule has 7 heteroatoms. The number of carbonyl (C=O) groups excluding carboxylic acids is 2. The maximum Gasteiger partial charge on any atom is 0.261 e. The first-order valence-corrected chi connectivity index (χ1v) is 7.87. The first kappa shape index (κ1) is 17.9. The third kappa shape index (κ3) is 5.65. The van der Waals surface area contributed by atoms with E-state index in [2.05, 4.69) is 16.0 Å². The van der Waals surface area contributed by atoms with Crippen LogP contribution in [0.2, 0.25) is 0 Å². The van der Waals surface area contributed by atoms with Crippen molar-refractivity contribution < 1.29 is 9.59 Å². The van der Waals surface area contributed by atoms with E-state index in [0.29, 0.717) is 17.3 Å². The molecule has 5 nitrogen and oxygen atoms in total. The second-order valence-corrected chi connectivity index (χ2v) is 6.08. The van der Waals surface area contributed by atoms with Crippen LogP contribution in [0.5, 0.6) is 0 Å². The van der Waals surface area contributed by atoms with Gasteiger partial charge in [0.2, 0.25) is 5.91 Å². The van der Waals surface area contributed by atoms with E-state index in [0.717, 1.165) is 25.9 Å². The molecule has 2 unspecified atom stereocenters. The lowest BCUT2D eigenvalue weighted by Crippen LogP contribution is -2.47. The van der Waals surface area contributed by atoms with Gasteiger partial charge in [0, 0.05) is 6.54 Å². The molecule has 1 fully saturated rings. The van der Waals surface area contributed by atoms with Gasteiger partial charge in [0.25, 0.3) is 5.91 Å². The minimum Gasteiger partial charge on any atom is -0.354 e. The molecule has 0 spiro atoms. The summed E-state index contributed by atoms with van der Waals surface area (Å²) in [5.74, 6) is 0.176. The van der Waals surface area contributed by atoms with Crippen molar-refractivity contribution in [3.8, 4) is 0 Å². The summed E-state index contributed by atoms with van der Waals surface area (Å²) < 4.78 is 0. The molecule has 118 valence electrons. The number of piperidine rings is 1. The van der Waals surface area contributed by atoms with Crippen LogP contribution in [0, 0.1) is 5.92 Å². The van der Waals surface area contributed by atoms with Gasteiger partial charge in [-0.05, 0) is 50.2 Å². The summed E-state index contributed by atoms with van der Waals surface area (Å²) in [6.07, 6.45) is 2.30. The van der Waals surface area contributed by atoms with Gasteiger partial charge in [0.15, 0.2) is 0 Å². The predicted molar refractivity (Wildman–Crippen MR) is 87.1 cm³/mol. The highest BCUT2D eigenvalue weighted by Gasteiger charge is 2.19. The summed E-state index contributed by atoms with van der Waals surface area (Å²) in [5, 5.41) is 10.8. The van der Waals surface area contributed by atoms with Crippen molar-refractivity contribution in [1.29, 1.82) is 0 Å². The van der Waals surface area contributed by atoms with Crippen molar-refractivity contribution >= 4 is 35.6 Å². The molecule has 21 heavy (non-hydrogen) atoms. The molecule has 1 aromatic heterocycles. The molecule has 0 aromatic carbocycles. The van der Waals surface area contributed by atoms with Crippen molar-refractivity contribution in [2.24, 2.45) is 5.92 Å². The number of carbonyl (C=O) groups is 2. The number of hydrogen-bond donors (Lipinski definition) is 3. The van der Waals surface area contributed by atoms with Gasteiger partial charge in [0.1, 0.15) is 6.04 Å². The predicted octanol–water partition coefficient (Wildman–Crippen LogP) is 1.40. The van der Waals surface area contributed by atoms with Crippen LogP contribution in [0.15, 0.2) is 17.5 Å². The standard InChI is InChI=1S/C14H21N3O2S.ClH/c1-10(17-14(19)12-5-3-7-20-12)13(18)16-9-11-4-2-6-15-8-11;/h3,5,7,10-11,15H,2,4,6,8-9H2,1H3,(H,16,18)(H,17,19);1H. The van der Waals surface area contributed by atoms with Crippen LogP contribution in [0.1, 0.15) is 29.4 Å². The summed E-state index contributed by atoms with van der Waals surface area (Å²) in [4.78, 5) is 24.4. The van der Waals surface area contributed by atoms with Crippen molar-refractivity contribution in [3.05, 3.63) is 22.4 Å². The van der Waals surface area contributed by atoms with Gasteiger partial charge in [-0.2, -0.15) is 0 Å². The first-order valence-electron chi connectivity index (χ1n) is 6.99. The van der Waals surface area contributed by atoms with Crippen LogP contribution in [0.3, 0.4) is 0 Å². The molecule has 2 atom stereocenters. The summed E-state index contributed by atoms with van der Waals surface area (Å²) in [6, 6.07) is 3.06. The van der Waals surface area contributed by atoms with Gasteiger partial charge in [-0.1, -0.05) is 6.07 Å². The van der Waals surface area contributed by atoms with E-state index in [1.165, 1.54) is 11.3 Å². The fourth-order valence-electron chi connectivity index (χ4n) is 2.24. The van der Waals surface area contributed by atoms with E-state index < -0.39 is 6.04 Å². The minimum atomic E-state index is -0.513. The molecule has 0 aliphatic carbocycles. The zero-order chi connectivity index (χ0) is 14.4. The van der Waals surface area contributed by atoms with E-state index in [4.69, 9.17) is 0 Å². The Labute approximate surface area is 135 Å². The number of thiophene rings is 1. The lowest BCUT2D eigenvalue weighted by Gasteiger charge is -2.23. The van der Waals surface area contributed by atoms with Crippen LogP contribution >= 0.6 is 23.7 Å². The van der Waals surface area contributed by atoms with Gasteiger partial charge >= 0.3 is 0 Å². The largest absolute Gasteiger partial charge is 0.354 e. The summed E-state index contributed by atoms with van der Waals surface area (Å²) in [5.41, 5.74) is 0.